The molecule has 4 rings (SSSR count). The first-order chi connectivity index (χ1) is 18.5. The normalized spacial score (nSPS) is 11.6. The molecule has 38 heavy (non-hydrogen) atoms. The second kappa shape index (κ2) is 12.8. The number of hydrogen-bond donors (Lipinski definition) is 2. The summed E-state index contributed by atoms with van der Waals surface area (Å²) >= 11 is 0. The van der Waals surface area contributed by atoms with E-state index in [1.165, 1.54) is 0 Å². The van der Waals surface area contributed by atoms with Crippen LogP contribution in [0.25, 0.3) is 10.8 Å². The average Bonchev–Trinajstić information content (AvgIpc) is 2.93. The van der Waals surface area contributed by atoms with Crippen LogP contribution in [0.4, 0.5) is 5.69 Å². The van der Waals surface area contributed by atoms with Gasteiger partial charge in [-0.15, -0.1) is 0 Å². The van der Waals surface area contributed by atoms with Gasteiger partial charge in [-0.25, -0.2) is 0 Å². The number of fused-ring (bicyclic) bond motifs is 1. The predicted molar refractivity (Wildman–Crippen MR) is 150 cm³/mol. The lowest BCUT2D eigenvalue weighted by atomic mass is 9.94. The maximum atomic E-state index is 13.4. The molecule has 0 spiro atoms. The molecule has 0 aliphatic rings. The number of rotatable bonds is 12. The van der Waals surface area contributed by atoms with Crippen molar-refractivity contribution in [2.75, 3.05) is 11.9 Å². The van der Waals surface area contributed by atoms with E-state index < -0.39 is 5.97 Å². The van der Waals surface area contributed by atoms with Crippen molar-refractivity contribution in [3.05, 3.63) is 102 Å². The molecular weight excluding hydrogens is 478 g/mol. The third kappa shape index (κ3) is 6.71. The van der Waals surface area contributed by atoms with E-state index in [0.717, 1.165) is 27.5 Å². The van der Waals surface area contributed by atoms with E-state index in [-0.39, 0.29) is 18.2 Å². The Morgan fingerprint density at radius 3 is 2.37 bits per heavy atom. The number of carboxylic acid groups (broad SMARTS) is 1. The van der Waals surface area contributed by atoms with Gasteiger partial charge in [0.05, 0.1) is 12.5 Å². The molecular formula is C32H33NO5. The summed E-state index contributed by atoms with van der Waals surface area (Å²) in [5.41, 5.74) is 3.40. The Hall–Kier alpha value is -4.32. The Morgan fingerprint density at radius 2 is 1.61 bits per heavy atom. The molecule has 6 heteroatoms. The largest absolute Gasteiger partial charge is 0.490 e. The topological polar surface area (TPSA) is 84.9 Å². The molecule has 1 amide bonds. The van der Waals surface area contributed by atoms with Gasteiger partial charge in [0.25, 0.3) is 0 Å². The van der Waals surface area contributed by atoms with Crippen LogP contribution in [0.5, 0.6) is 11.5 Å². The zero-order chi connectivity index (χ0) is 26.9. The van der Waals surface area contributed by atoms with Gasteiger partial charge in [0, 0.05) is 12.1 Å². The molecule has 0 saturated heterocycles. The van der Waals surface area contributed by atoms with Gasteiger partial charge in [-0.2, -0.15) is 0 Å². The van der Waals surface area contributed by atoms with E-state index in [0.29, 0.717) is 43.2 Å². The smallest absolute Gasteiger partial charge is 0.303 e. The van der Waals surface area contributed by atoms with Gasteiger partial charge >= 0.3 is 5.97 Å². The van der Waals surface area contributed by atoms with Crippen molar-refractivity contribution >= 4 is 28.3 Å². The van der Waals surface area contributed by atoms with E-state index in [4.69, 9.17) is 14.6 Å². The van der Waals surface area contributed by atoms with Crippen molar-refractivity contribution in [2.45, 2.75) is 45.6 Å². The van der Waals surface area contributed by atoms with Gasteiger partial charge in [-0.1, -0.05) is 66.7 Å². The third-order valence-electron chi connectivity index (χ3n) is 6.50. The molecule has 0 radical (unpaired) electrons. The molecule has 0 heterocycles. The minimum atomic E-state index is -0.835. The van der Waals surface area contributed by atoms with Crippen LogP contribution in [0.3, 0.4) is 0 Å². The fourth-order valence-electron chi connectivity index (χ4n) is 4.49. The van der Waals surface area contributed by atoms with Crippen molar-refractivity contribution in [1.29, 1.82) is 0 Å². The number of carboxylic acids is 1. The number of para-hydroxylation sites is 2. The Labute approximate surface area is 223 Å². The molecule has 196 valence electrons. The molecule has 4 aromatic carbocycles. The van der Waals surface area contributed by atoms with Gasteiger partial charge in [-0.05, 0) is 72.4 Å². The van der Waals surface area contributed by atoms with Crippen LogP contribution >= 0.6 is 0 Å². The summed E-state index contributed by atoms with van der Waals surface area (Å²) < 4.78 is 11.7. The summed E-state index contributed by atoms with van der Waals surface area (Å²) in [5, 5.41) is 14.3. The minimum absolute atomic E-state index is 0.0683. The monoisotopic (exact) mass is 511 g/mol. The molecule has 0 saturated carbocycles. The summed E-state index contributed by atoms with van der Waals surface area (Å²) in [6.07, 6.45) is 1.09. The van der Waals surface area contributed by atoms with Gasteiger partial charge < -0.3 is 19.9 Å². The number of aryl methyl sites for hydroxylation is 1. The van der Waals surface area contributed by atoms with Crippen LogP contribution in [0.1, 0.15) is 49.3 Å². The molecule has 0 bridgehead atoms. The van der Waals surface area contributed by atoms with E-state index in [2.05, 4.69) is 5.32 Å². The van der Waals surface area contributed by atoms with Crippen molar-refractivity contribution in [1.82, 2.24) is 0 Å². The quantitative estimate of drug-likeness (QED) is 0.215. The highest BCUT2D eigenvalue weighted by atomic mass is 16.5. The molecule has 1 atom stereocenters. The summed E-state index contributed by atoms with van der Waals surface area (Å²) in [4.78, 5) is 24.5. The maximum Gasteiger partial charge on any atom is 0.303 e. The van der Waals surface area contributed by atoms with Crippen LogP contribution in [0.15, 0.2) is 84.9 Å². The number of carbonyl (C=O) groups is 2. The lowest BCUT2D eigenvalue weighted by molar-refractivity contribution is -0.137. The Bertz CT molecular complexity index is 1410. The van der Waals surface area contributed by atoms with E-state index in [1.807, 2.05) is 98.8 Å². The fourth-order valence-corrected chi connectivity index (χ4v) is 4.49. The molecule has 0 aliphatic carbocycles. The minimum Gasteiger partial charge on any atom is -0.490 e. The number of ether oxygens (including phenoxy) is 2. The standard InChI is InChI=1S/C32H33NO5/c1-3-37-29-15-6-7-16-30(29)38-21-23-18-19-25(12-9-17-31(34)35)28(20-23)33-32(36)22(2)26-14-8-11-24-10-4-5-13-27(24)26/h4-8,10-11,13-16,18-20,22H,3,9,12,17,21H2,1-2H3,(H,33,36)(H,34,35). The highest BCUT2D eigenvalue weighted by molar-refractivity contribution is 5.99. The maximum absolute atomic E-state index is 13.4. The Kier molecular flexibility index (Phi) is 8.98. The van der Waals surface area contributed by atoms with Crippen LogP contribution in [0, 0.1) is 0 Å². The zero-order valence-electron chi connectivity index (χ0n) is 21.8. The Balaban J connectivity index is 1.56. The van der Waals surface area contributed by atoms with Gasteiger partial charge in [0.1, 0.15) is 6.61 Å². The summed E-state index contributed by atoms with van der Waals surface area (Å²) in [5.74, 6) is -0.0162. The van der Waals surface area contributed by atoms with Gasteiger partial charge in [0.2, 0.25) is 5.91 Å². The van der Waals surface area contributed by atoms with Crippen molar-refractivity contribution < 1.29 is 24.2 Å². The summed E-state index contributed by atoms with van der Waals surface area (Å²) in [6, 6.07) is 27.3. The van der Waals surface area contributed by atoms with Crippen molar-refractivity contribution in [3.8, 4) is 11.5 Å². The molecule has 2 N–H and O–H groups in total. The van der Waals surface area contributed by atoms with Crippen molar-refractivity contribution in [2.24, 2.45) is 0 Å². The van der Waals surface area contributed by atoms with Crippen LogP contribution in [0.2, 0.25) is 0 Å². The number of aliphatic carboxylic acids is 1. The lowest BCUT2D eigenvalue weighted by Gasteiger charge is -2.18. The average molecular weight is 512 g/mol. The van der Waals surface area contributed by atoms with Crippen molar-refractivity contribution in [3.63, 3.8) is 0 Å². The van der Waals surface area contributed by atoms with E-state index in [9.17, 15) is 9.59 Å². The lowest BCUT2D eigenvalue weighted by Crippen LogP contribution is -2.20. The predicted octanol–water partition coefficient (Wildman–Crippen LogP) is 6.97. The number of benzene rings is 4. The molecule has 0 aliphatic heterocycles. The van der Waals surface area contributed by atoms with Crippen LogP contribution in [-0.4, -0.2) is 23.6 Å². The first kappa shape index (κ1) is 26.7. The first-order valence-corrected chi connectivity index (χ1v) is 12.9. The highest BCUT2D eigenvalue weighted by Crippen LogP contribution is 2.30. The number of hydrogen-bond acceptors (Lipinski definition) is 4. The molecule has 6 nitrogen and oxygen atoms in total. The van der Waals surface area contributed by atoms with Gasteiger partial charge in [0.15, 0.2) is 11.5 Å². The number of amides is 1. The summed E-state index contributed by atoms with van der Waals surface area (Å²) in [7, 11) is 0. The molecule has 0 fully saturated rings. The second-order valence-corrected chi connectivity index (χ2v) is 9.19. The van der Waals surface area contributed by atoms with E-state index in [1.54, 1.807) is 0 Å². The highest BCUT2D eigenvalue weighted by Gasteiger charge is 2.19. The number of nitrogens with one attached hydrogen (secondary N) is 1. The molecule has 0 aromatic heterocycles. The zero-order valence-corrected chi connectivity index (χ0v) is 21.8. The summed E-state index contributed by atoms with van der Waals surface area (Å²) in [6.45, 7) is 4.66. The van der Waals surface area contributed by atoms with Crippen LogP contribution in [-0.2, 0) is 22.6 Å². The number of anilines is 1. The van der Waals surface area contributed by atoms with Crippen LogP contribution < -0.4 is 14.8 Å². The van der Waals surface area contributed by atoms with E-state index >= 15 is 0 Å². The SMILES string of the molecule is CCOc1ccccc1OCc1ccc(CCCC(=O)O)c(NC(=O)C(C)c2cccc3ccccc23)c1. The molecule has 1 unspecified atom stereocenters. The third-order valence-corrected chi connectivity index (χ3v) is 6.50. The second-order valence-electron chi connectivity index (χ2n) is 9.19. The fraction of sp³-hybridized carbons (Fsp3) is 0.250. The molecule has 4 aromatic rings. The number of carbonyl (C=O) groups excluding carboxylic acids is 1. The van der Waals surface area contributed by atoms with Gasteiger partial charge in [-0.3, -0.25) is 9.59 Å². The Morgan fingerprint density at radius 1 is 0.895 bits per heavy atom. The first-order valence-electron chi connectivity index (χ1n) is 12.9.